The monoisotopic (exact) mass is 437 g/mol. The third kappa shape index (κ3) is 5.27. The highest BCUT2D eigenvalue weighted by atomic mass is 16.5. The van der Waals surface area contributed by atoms with Gasteiger partial charge < -0.3 is 20.7 Å². The van der Waals surface area contributed by atoms with Crippen molar-refractivity contribution in [2.24, 2.45) is 7.05 Å². The molecule has 2 aromatic heterocycles. The summed E-state index contributed by atoms with van der Waals surface area (Å²) in [5.41, 5.74) is 2.27. The van der Waals surface area contributed by atoms with Crippen LogP contribution in [0.15, 0.2) is 36.8 Å². The normalized spacial score (nSPS) is 10.6. The highest BCUT2D eigenvalue weighted by Crippen LogP contribution is 2.37. The zero-order chi connectivity index (χ0) is 23.1. The fourth-order valence-corrected chi connectivity index (χ4v) is 3.12. The van der Waals surface area contributed by atoms with Crippen molar-refractivity contribution in [1.82, 2.24) is 25.1 Å². The lowest BCUT2D eigenvalue weighted by molar-refractivity contribution is -0.116. The molecule has 3 aromatic rings. The minimum atomic E-state index is -0.173. The number of para-hydroxylation sites is 1. The highest BCUT2D eigenvalue weighted by molar-refractivity contribution is 6.02. The summed E-state index contributed by atoms with van der Waals surface area (Å²) in [6.45, 7) is 2.34. The lowest BCUT2D eigenvalue weighted by atomic mass is 10.1. The van der Waals surface area contributed by atoms with Gasteiger partial charge in [-0.1, -0.05) is 13.0 Å². The summed E-state index contributed by atoms with van der Waals surface area (Å²) in [5, 5.41) is 13.3. The van der Waals surface area contributed by atoms with Gasteiger partial charge in [-0.05, 0) is 19.2 Å². The fourth-order valence-electron chi connectivity index (χ4n) is 3.12. The molecule has 3 N–H and O–H groups in total. The summed E-state index contributed by atoms with van der Waals surface area (Å²) in [6, 6.07) is 7.18. The van der Waals surface area contributed by atoms with E-state index in [1.807, 2.05) is 18.2 Å². The number of anilines is 3. The Bertz CT molecular complexity index is 1110. The van der Waals surface area contributed by atoms with Crippen molar-refractivity contribution in [3.05, 3.63) is 42.4 Å². The largest absolute Gasteiger partial charge is 0.494 e. The Hall–Kier alpha value is -3.79. The lowest BCUT2D eigenvalue weighted by Gasteiger charge is -2.16. The number of nitrogens with one attached hydrogen (secondary N) is 3. The molecule has 168 valence electrons. The van der Waals surface area contributed by atoms with E-state index in [0.717, 1.165) is 0 Å². The molecular formula is C22H27N7O3. The van der Waals surface area contributed by atoms with E-state index in [4.69, 9.17) is 4.74 Å². The number of nitrogens with zero attached hydrogens (tertiary/aromatic N) is 4. The maximum Gasteiger partial charge on any atom is 0.226 e. The van der Waals surface area contributed by atoms with Gasteiger partial charge in [-0.2, -0.15) is 5.10 Å². The number of carbonyl (C=O) groups excluding carboxylic acids is 2. The molecule has 2 heterocycles. The third-order valence-electron chi connectivity index (χ3n) is 4.72. The van der Waals surface area contributed by atoms with E-state index in [1.165, 1.54) is 6.20 Å². The van der Waals surface area contributed by atoms with Crippen LogP contribution < -0.4 is 20.7 Å². The Morgan fingerprint density at radius 1 is 1.19 bits per heavy atom. The predicted molar refractivity (Wildman–Crippen MR) is 122 cm³/mol. The first-order valence-electron chi connectivity index (χ1n) is 10.2. The van der Waals surface area contributed by atoms with Crippen molar-refractivity contribution in [2.45, 2.75) is 19.8 Å². The standard InChI is InChI=1S/C22H27N7O3/c1-5-18(30)15-12-24-19(27-20(31)9-10-23-2)11-17(15)26-16-8-6-7-14(21(16)32-4)22-25-13-29(3)28-22/h6-8,11-13,23H,5,9-10H2,1-4H3,(H2,24,26,27,31). The minimum absolute atomic E-state index is 0.0745. The van der Waals surface area contributed by atoms with Gasteiger partial charge in [0.2, 0.25) is 5.91 Å². The second kappa shape index (κ2) is 10.5. The molecule has 1 aromatic carbocycles. The first-order chi connectivity index (χ1) is 15.5. The molecule has 3 rings (SSSR count). The van der Waals surface area contributed by atoms with Crippen LogP contribution in [0.4, 0.5) is 17.2 Å². The number of ether oxygens (including phenoxy) is 1. The Balaban J connectivity index is 1.98. The molecule has 32 heavy (non-hydrogen) atoms. The van der Waals surface area contributed by atoms with E-state index >= 15 is 0 Å². The maximum absolute atomic E-state index is 12.5. The van der Waals surface area contributed by atoms with E-state index in [2.05, 4.69) is 31.0 Å². The summed E-state index contributed by atoms with van der Waals surface area (Å²) >= 11 is 0. The van der Waals surface area contributed by atoms with Crippen LogP contribution in [0.25, 0.3) is 11.4 Å². The number of hydrogen-bond donors (Lipinski definition) is 3. The Morgan fingerprint density at radius 2 is 2.00 bits per heavy atom. The second-order valence-electron chi connectivity index (χ2n) is 7.05. The minimum Gasteiger partial charge on any atom is -0.494 e. The Morgan fingerprint density at radius 3 is 2.66 bits per heavy atom. The second-order valence-corrected chi connectivity index (χ2v) is 7.05. The fraction of sp³-hybridized carbons (Fsp3) is 0.318. The number of rotatable bonds is 10. The molecule has 0 spiro atoms. The van der Waals surface area contributed by atoms with Crippen LogP contribution >= 0.6 is 0 Å². The summed E-state index contributed by atoms with van der Waals surface area (Å²) in [4.78, 5) is 33.2. The molecular weight excluding hydrogens is 410 g/mol. The number of pyridine rings is 1. The number of methoxy groups -OCH3 is 1. The van der Waals surface area contributed by atoms with Gasteiger partial charge in [0, 0.05) is 38.7 Å². The SMILES string of the molecule is CCC(=O)c1cnc(NC(=O)CCNC)cc1Nc1cccc(-c2ncn(C)n2)c1OC. The quantitative estimate of drug-likeness (QED) is 0.414. The van der Waals surface area contributed by atoms with Crippen molar-refractivity contribution < 1.29 is 14.3 Å². The van der Waals surface area contributed by atoms with Gasteiger partial charge in [-0.25, -0.2) is 9.97 Å². The zero-order valence-electron chi connectivity index (χ0n) is 18.6. The van der Waals surface area contributed by atoms with Crippen molar-refractivity contribution in [1.29, 1.82) is 0 Å². The van der Waals surface area contributed by atoms with Crippen molar-refractivity contribution in [3.8, 4) is 17.1 Å². The number of amides is 1. The summed E-state index contributed by atoms with van der Waals surface area (Å²) in [5.74, 6) is 1.15. The van der Waals surface area contributed by atoms with Crippen molar-refractivity contribution in [2.75, 3.05) is 31.3 Å². The molecule has 0 saturated carbocycles. The van der Waals surface area contributed by atoms with Gasteiger partial charge in [0.25, 0.3) is 0 Å². The number of carbonyl (C=O) groups is 2. The molecule has 0 atom stereocenters. The van der Waals surface area contributed by atoms with Gasteiger partial charge in [0.15, 0.2) is 17.4 Å². The van der Waals surface area contributed by atoms with E-state index < -0.39 is 0 Å². The highest BCUT2D eigenvalue weighted by Gasteiger charge is 2.18. The van der Waals surface area contributed by atoms with Crippen molar-refractivity contribution in [3.63, 3.8) is 0 Å². The topological polar surface area (TPSA) is 123 Å². The van der Waals surface area contributed by atoms with Crippen LogP contribution in [0.2, 0.25) is 0 Å². The third-order valence-corrected chi connectivity index (χ3v) is 4.72. The number of Topliss-reactive ketones (excluding diaryl/α,β-unsaturated/α-hetero) is 1. The van der Waals surface area contributed by atoms with Crippen LogP contribution in [0, 0.1) is 0 Å². The number of benzene rings is 1. The summed E-state index contributed by atoms with van der Waals surface area (Å²) in [7, 11) is 5.13. The van der Waals surface area contributed by atoms with Crippen LogP contribution in [-0.2, 0) is 11.8 Å². The van der Waals surface area contributed by atoms with Gasteiger partial charge >= 0.3 is 0 Å². The molecule has 10 nitrogen and oxygen atoms in total. The first-order valence-corrected chi connectivity index (χ1v) is 10.2. The molecule has 0 aliphatic rings. The van der Waals surface area contributed by atoms with E-state index in [-0.39, 0.29) is 11.7 Å². The smallest absolute Gasteiger partial charge is 0.226 e. The average Bonchev–Trinajstić information content (AvgIpc) is 3.23. The Kier molecular flexibility index (Phi) is 7.50. The predicted octanol–water partition coefficient (Wildman–Crippen LogP) is 2.77. The Labute approximate surface area is 186 Å². The molecule has 1 amide bonds. The maximum atomic E-state index is 12.5. The first kappa shape index (κ1) is 22.9. The molecule has 0 radical (unpaired) electrons. The van der Waals surface area contributed by atoms with Crippen LogP contribution in [0.1, 0.15) is 30.1 Å². The molecule has 0 saturated heterocycles. The molecule has 0 aliphatic carbocycles. The molecule has 0 aliphatic heterocycles. The van der Waals surface area contributed by atoms with Gasteiger partial charge in [0.05, 0.1) is 29.6 Å². The zero-order valence-corrected chi connectivity index (χ0v) is 18.6. The lowest BCUT2D eigenvalue weighted by Crippen LogP contribution is -2.19. The number of aromatic nitrogens is 4. The van der Waals surface area contributed by atoms with E-state index in [0.29, 0.717) is 59.3 Å². The van der Waals surface area contributed by atoms with Crippen LogP contribution in [-0.4, -0.2) is 52.1 Å². The van der Waals surface area contributed by atoms with Crippen LogP contribution in [0.5, 0.6) is 5.75 Å². The van der Waals surface area contributed by atoms with E-state index in [1.54, 1.807) is 45.2 Å². The number of hydrogen-bond acceptors (Lipinski definition) is 8. The molecule has 0 unspecified atom stereocenters. The van der Waals surface area contributed by atoms with E-state index in [9.17, 15) is 9.59 Å². The summed E-state index contributed by atoms with van der Waals surface area (Å²) < 4.78 is 7.26. The number of ketones is 1. The van der Waals surface area contributed by atoms with Crippen molar-refractivity contribution >= 4 is 28.9 Å². The van der Waals surface area contributed by atoms with Crippen LogP contribution in [0.3, 0.4) is 0 Å². The average molecular weight is 438 g/mol. The molecule has 10 heteroatoms. The molecule has 0 bridgehead atoms. The van der Waals surface area contributed by atoms with Gasteiger partial charge in [0.1, 0.15) is 12.1 Å². The van der Waals surface area contributed by atoms with Gasteiger partial charge in [-0.3, -0.25) is 14.3 Å². The molecule has 0 fully saturated rings. The van der Waals surface area contributed by atoms with Gasteiger partial charge in [-0.15, -0.1) is 0 Å². The summed E-state index contributed by atoms with van der Waals surface area (Å²) in [6.07, 6.45) is 3.71. The number of aryl methyl sites for hydroxylation is 1.